The van der Waals surface area contributed by atoms with Gasteiger partial charge in [-0.1, -0.05) is 12.1 Å². The minimum absolute atomic E-state index is 0.243. The van der Waals surface area contributed by atoms with Gasteiger partial charge in [0.1, 0.15) is 11.6 Å². The van der Waals surface area contributed by atoms with E-state index in [-0.39, 0.29) is 11.4 Å². The highest BCUT2D eigenvalue weighted by Crippen LogP contribution is 2.16. The standard InChI is InChI=1S/C12H12FN3O/c1-14-6-8-7-15-11(16-12(8)17)9-4-2-3-5-10(9)13/h2-5,7,14H,6H2,1H3,(H,15,16,17). The molecule has 1 aromatic carbocycles. The van der Waals surface area contributed by atoms with E-state index in [1.54, 1.807) is 25.2 Å². The molecule has 0 amide bonds. The molecule has 0 aliphatic rings. The van der Waals surface area contributed by atoms with Crippen LogP contribution in [0.4, 0.5) is 4.39 Å². The molecule has 1 aromatic heterocycles. The van der Waals surface area contributed by atoms with E-state index >= 15 is 0 Å². The molecule has 0 fully saturated rings. The van der Waals surface area contributed by atoms with E-state index in [9.17, 15) is 9.18 Å². The zero-order valence-corrected chi connectivity index (χ0v) is 9.33. The van der Waals surface area contributed by atoms with Crippen LogP contribution < -0.4 is 10.9 Å². The second kappa shape index (κ2) is 4.88. The highest BCUT2D eigenvalue weighted by atomic mass is 19.1. The van der Waals surface area contributed by atoms with Crippen molar-refractivity contribution in [3.63, 3.8) is 0 Å². The predicted octanol–water partition coefficient (Wildman–Crippen LogP) is 1.30. The lowest BCUT2D eigenvalue weighted by Gasteiger charge is -2.03. The SMILES string of the molecule is CNCc1cnc(-c2ccccc2F)[nH]c1=O. The maximum absolute atomic E-state index is 13.5. The zero-order valence-electron chi connectivity index (χ0n) is 9.33. The minimum Gasteiger partial charge on any atom is -0.315 e. The lowest BCUT2D eigenvalue weighted by atomic mass is 10.2. The molecule has 0 aliphatic carbocycles. The Morgan fingerprint density at radius 2 is 2.18 bits per heavy atom. The normalized spacial score (nSPS) is 10.5. The van der Waals surface area contributed by atoms with E-state index in [0.717, 1.165) is 0 Å². The fourth-order valence-electron chi connectivity index (χ4n) is 1.53. The van der Waals surface area contributed by atoms with E-state index in [2.05, 4.69) is 15.3 Å². The number of nitrogens with one attached hydrogen (secondary N) is 2. The number of benzene rings is 1. The molecule has 88 valence electrons. The fourth-order valence-corrected chi connectivity index (χ4v) is 1.53. The monoisotopic (exact) mass is 233 g/mol. The molecule has 0 atom stereocenters. The van der Waals surface area contributed by atoms with Gasteiger partial charge in [-0.25, -0.2) is 9.37 Å². The first kappa shape index (κ1) is 11.5. The Kier molecular flexibility index (Phi) is 3.30. The van der Waals surface area contributed by atoms with Crippen LogP contribution in [0.5, 0.6) is 0 Å². The summed E-state index contributed by atoms with van der Waals surface area (Å²) >= 11 is 0. The van der Waals surface area contributed by atoms with Crippen LogP contribution in [-0.4, -0.2) is 17.0 Å². The second-order valence-electron chi connectivity index (χ2n) is 3.60. The van der Waals surface area contributed by atoms with Gasteiger partial charge >= 0.3 is 0 Å². The van der Waals surface area contributed by atoms with Gasteiger partial charge in [0.05, 0.1) is 5.56 Å². The topological polar surface area (TPSA) is 57.8 Å². The summed E-state index contributed by atoms with van der Waals surface area (Å²) in [6.45, 7) is 0.430. The van der Waals surface area contributed by atoms with Crippen molar-refractivity contribution in [1.29, 1.82) is 0 Å². The number of aromatic nitrogens is 2. The van der Waals surface area contributed by atoms with E-state index in [0.29, 0.717) is 17.7 Å². The van der Waals surface area contributed by atoms with Gasteiger partial charge in [-0.3, -0.25) is 4.79 Å². The van der Waals surface area contributed by atoms with Crippen LogP contribution in [0, 0.1) is 5.82 Å². The molecule has 5 heteroatoms. The lowest BCUT2D eigenvalue weighted by molar-refractivity contribution is 0.629. The van der Waals surface area contributed by atoms with E-state index in [1.807, 2.05) is 0 Å². The van der Waals surface area contributed by atoms with Gasteiger partial charge in [0.25, 0.3) is 5.56 Å². The van der Waals surface area contributed by atoms with Gasteiger partial charge in [0.2, 0.25) is 0 Å². The third kappa shape index (κ3) is 2.39. The van der Waals surface area contributed by atoms with Gasteiger partial charge in [-0.15, -0.1) is 0 Å². The Balaban J connectivity index is 2.45. The molecule has 0 radical (unpaired) electrons. The average molecular weight is 233 g/mol. The Hall–Kier alpha value is -2.01. The number of halogens is 1. The molecule has 2 N–H and O–H groups in total. The summed E-state index contributed by atoms with van der Waals surface area (Å²) in [7, 11) is 1.74. The van der Waals surface area contributed by atoms with Gasteiger partial charge in [-0.05, 0) is 19.2 Å². The van der Waals surface area contributed by atoms with Crippen molar-refractivity contribution < 1.29 is 4.39 Å². The van der Waals surface area contributed by atoms with Crippen LogP contribution >= 0.6 is 0 Å². The third-order valence-corrected chi connectivity index (χ3v) is 2.37. The number of H-pyrrole nitrogens is 1. The lowest BCUT2D eigenvalue weighted by Crippen LogP contribution is -2.19. The molecule has 4 nitrogen and oxygen atoms in total. The summed E-state index contributed by atoms with van der Waals surface area (Å²) in [5.74, 6) is -0.162. The van der Waals surface area contributed by atoms with Crippen LogP contribution in [0.25, 0.3) is 11.4 Å². The van der Waals surface area contributed by atoms with Crippen molar-refractivity contribution in [3.05, 3.63) is 52.2 Å². The molecular weight excluding hydrogens is 221 g/mol. The number of hydrogen-bond acceptors (Lipinski definition) is 3. The summed E-state index contributed by atoms with van der Waals surface area (Å²) in [6, 6.07) is 6.19. The van der Waals surface area contributed by atoms with Crippen LogP contribution in [0.1, 0.15) is 5.56 Å². The highest BCUT2D eigenvalue weighted by molar-refractivity contribution is 5.55. The van der Waals surface area contributed by atoms with Gasteiger partial charge in [0, 0.05) is 18.3 Å². The Morgan fingerprint density at radius 3 is 2.82 bits per heavy atom. The first-order chi connectivity index (χ1) is 8.22. The van der Waals surface area contributed by atoms with Gasteiger partial charge in [0.15, 0.2) is 0 Å². The summed E-state index contributed by atoms with van der Waals surface area (Å²) in [5.41, 5.74) is 0.556. The van der Waals surface area contributed by atoms with Crippen molar-refractivity contribution in [2.75, 3.05) is 7.05 Å². The number of hydrogen-bond donors (Lipinski definition) is 2. The summed E-state index contributed by atoms with van der Waals surface area (Å²) in [5, 5.41) is 2.86. The maximum Gasteiger partial charge on any atom is 0.255 e. The second-order valence-corrected chi connectivity index (χ2v) is 3.60. The third-order valence-electron chi connectivity index (χ3n) is 2.37. The van der Waals surface area contributed by atoms with E-state index < -0.39 is 5.82 Å². The maximum atomic E-state index is 13.5. The number of nitrogens with zero attached hydrogens (tertiary/aromatic N) is 1. The first-order valence-electron chi connectivity index (χ1n) is 5.20. The van der Waals surface area contributed by atoms with Crippen molar-refractivity contribution in [2.24, 2.45) is 0 Å². The molecule has 0 unspecified atom stereocenters. The van der Waals surface area contributed by atoms with Crippen molar-refractivity contribution in [1.82, 2.24) is 15.3 Å². The van der Waals surface area contributed by atoms with E-state index in [1.165, 1.54) is 12.3 Å². The van der Waals surface area contributed by atoms with Crippen LogP contribution in [0.2, 0.25) is 0 Å². The molecule has 1 heterocycles. The van der Waals surface area contributed by atoms with E-state index in [4.69, 9.17) is 0 Å². The Labute approximate surface area is 97.5 Å². The van der Waals surface area contributed by atoms with Crippen LogP contribution in [0.15, 0.2) is 35.3 Å². The molecular formula is C12H12FN3O. The fraction of sp³-hybridized carbons (Fsp3) is 0.167. The number of rotatable bonds is 3. The summed E-state index contributed by atoms with van der Waals surface area (Å²) in [6.07, 6.45) is 1.46. The quantitative estimate of drug-likeness (QED) is 0.840. The molecule has 2 aromatic rings. The molecule has 0 spiro atoms. The molecule has 0 saturated heterocycles. The zero-order chi connectivity index (χ0) is 12.3. The Bertz CT molecular complexity index is 580. The number of aromatic amines is 1. The van der Waals surface area contributed by atoms with Crippen LogP contribution in [0.3, 0.4) is 0 Å². The van der Waals surface area contributed by atoms with Crippen molar-refractivity contribution in [3.8, 4) is 11.4 Å². The predicted molar refractivity (Wildman–Crippen MR) is 63.0 cm³/mol. The van der Waals surface area contributed by atoms with Crippen LogP contribution in [-0.2, 0) is 6.54 Å². The molecule has 0 aliphatic heterocycles. The minimum atomic E-state index is -0.406. The Morgan fingerprint density at radius 1 is 1.41 bits per heavy atom. The van der Waals surface area contributed by atoms with Gasteiger partial charge < -0.3 is 10.3 Å². The van der Waals surface area contributed by atoms with Crippen molar-refractivity contribution in [2.45, 2.75) is 6.54 Å². The van der Waals surface area contributed by atoms with Gasteiger partial charge in [-0.2, -0.15) is 0 Å². The largest absolute Gasteiger partial charge is 0.315 e. The average Bonchev–Trinajstić information content (AvgIpc) is 2.33. The molecule has 0 bridgehead atoms. The summed E-state index contributed by atoms with van der Waals surface area (Å²) in [4.78, 5) is 18.3. The summed E-state index contributed by atoms with van der Waals surface area (Å²) < 4.78 is 13.5. The van der Waals surface area contributed by atoms with Crippen molar-refractivity contribution >= 4 is 0 Å². The smallest absolute Gasteiger partial charge is 0.255 e. The first-order valence-corrected chi connectivity index (χ1v) is 5.20. The molecule has 17 heavy (non-hydrogen) atoms. The molecule has 2 rings (SSSR count). The highest BCUT2D eigenvalue weighted by Gasteiger charge is 2.07. The molecule has 0 saturated carbocycles.